The molecule has 1 heterocycles. The molecule has 1 atom stereocenters. The average molecular weight is 327 g/mol. The minimum Gasteiger partial charge on any atom is -0.468 e. The molecular weight excluding hydrogens is 306 g/mol. The standard InChI is InChI=1S/C15H21NO5S/c1-6-21-15(19)12-8(2)13(16-9(12)3)14(18)10(4)22-7-11(17)20-5/h10,16H,6-7H2,1-5H3/t10-/m0/s1. The van der Waals surface area contributed by atoms with Crippen LogP contribution in [0.4, 0.5) is 0 Å². The molecule has 0 aliphatic rings. The molecule has 0 radical (unpaired) electrons. The lowest BCUT2D eigenvalue weighted by Gasteiger charge is -2.09. The number of thioether (sulfide) groups is 1. The number of H-pyrrole nitrogens is 1. The smallest absolute Gasteiger partial charge is 0.340 e. The molecule has 1 N–H and O–H groups in total. The number of rotatable bonds is 7. The monoisotopic (exact) mass is 327 g/mol. The van der Waals surface area contributed by atoms with E-state index >= 15 is 0 Å². The van der Waals surface area contributed by atoms with Crippen LogP contribution in [0.25, 0.3) is 0 Å². The number of aryl methyl sites for hydroxylation is 1. The molecule has 0 unspecified atom stereocenters. The van der Waals surface area contributed by atoms with Gasteiger partial charge in [0.2, 0.25) is 0 Å². The van der Waals surface area contributed by atoms with E-state index in [0.717, 1.165) is 0 Å². The highest BCUT2D eigenvalue weighted by Crippen LogP contribution is 2.23. The molecule has 1 rings (SSSR count). The maximum Gasteiger partial charge on any atom is 0.340 e. The van der Waals surface area contributed by atoms with Crippen LogP contribution in [-0.4, -0.2) is 47.4 Å². The quantitative estimate of drug-likeness (QED) is 0.611. The molecule has 0 saturated carbocycles. The first-order valence-corrected chi connectivity index (χ1v) is 7.97. The SMILES string of the molecule is CCOC(=O)c1c(C)[nH]c(C(=O)[C@H](C)SCC(=O)OC)c1C. The molecule has 0 amide bonds. The van der Waals surface area contributed by atoms with Gasteiger partial charge in [0.25, 0.3) is 0 Å². The number of esters is 2. The minimum absolute atomic E-state index is 0.104. The average Bonchev–Trinajstić information content (AvgIpc) is 2.78. The number of hydrogen-bond donors (Lipinski definition) is 1. The van der Waals surface area contributed by atoms with Crippen molar-refractivity contribution in [3.05, 3.63) is 22.5 Å². The van der Waals surface area contributed by atoms with Gasteiger partial charge in [-0.05, 0) is 33.3 Å². The number of nitrogens with one attached hydrogen (secondary N) is 1. The number of aromatic amines is 1. The van der Waals surface area contributed by atoms with Crippen molar-refractivity contribution < 1.29 is 23.9 Å². The predicted octanol–water partition coefficient (Wildman–Crippen LogP) is 2.29. The van der Waals surface area contributed by atoms with E-state index in [4.69, 9.17) is 4.74 Å². The van der Waals surface area contributed by atoms with Gasteiger partial charge in [-0.2, -0.15) is 0 Å². The summed E-state index contributed by atoms with van der Waals surface area (Å²) in [4.78, 5) is 38.5. The van der Waals surface area contributed by atoms with Gasteiger partial charge in [-0.1, -0.05) is 0 Å². The van der Waals surface area contributed by atoms with Crippen LogP contribution in [-0.2, 0) is 14.3 Å². The molecule has 6 nitrogen and oxygen atoms in total. The Morgan fingerprint density at radius 2 is 1.91 bits per heavy atom. The number of aromatic nitrogens is 1. The van der Waals surface area contributed by atoms with Crippen molar-refractivity contribution in [2.45, 2.75) is 32.9 Å². The number of Topliss-reactive ketones (excluding diaryl/α,β-unsaturated/α-hetero) is 1. The lowest BCUT2D eigenvalue weighted by Crippen LogP contribution is -2.18. The summed E-state index contributed by atoms with van der Waals surface area (Å²) in [5.41, 5.74) is 1.96. The highest BCUT2D eigenvalue weighted by atomic mass is 32.2. The zero-order chi connectivity index (χ0) is 16.9. The van der Waals surface area contributed by atoms with E-state index in [9.17, 15) is 14.4 Å². The second-order valence-corrected chi connectivity index (χ2v) is 6.07. The number of carbonyl (C=O) groups excluding carboxylic acids is 3. The van der Waals surface area contributed by atoms with Gasteiger partial charge in [-0.3, -0.25) is 9.59 Å². The van der Waals surface area contributed by atoms with Crippen LogP contribution < -0.4 is 0 Å². The Bertz CT molecular complexity index is 579. The van der Waals surface area contributed by atoms with Gasteiger partial charge in [0.1, 0.15) is 0 Å². The van der Waals surface area contributed by atoms with Crippen LogP contribution in [0.5, 0.6) is 0 Å². The van der Waals surface area contributed by atoms with Crippen LogP contribution in [0.1, 0.15) is 46.0 Å². The van der Waals surface area contributed by atoms with Gasteiger partial charge in [-0.15, -0.1) is 11.8 Å². The molecule has 7 heteroatoms. The predicted molar refractivity (Wildman–Crippen MR) is 84.5 cm³/mol. The summed E-state index contributed by atoms with van der Waals surface area (Å²) < 4.78 is 9.55. The molecule has 0 saturated heterocycles. The van der Waals surface area contributed by atoms with Gasteiger partial charge in [0.05, 0.1) is 36.0 Å². The van der Waals surface area contributed by atoms with Crippen LogP contribution in [0, 0.1) is 13.8 Å². The summed E-state index contributed by atoms with van der Waals surface area (Å²) in [7, 11) is 1.31. The molecule has 22 heavy (non-hydrogen) atoms. The van der Waals surface area contributed by atoms with Gasteiger partial charge >= 0.3 is 11.9 Å². The summed E-state index contributed by atoms with van der Waals surface area (Å²) in [6.45, 7) is 7.16. The molecule has 122 valence electrons. The Hall–Kier alpha value is -1.76. The second kappa shape index (κ2) is 8.03. The maximum atomic E-state index is 12.5. The maximum absolute atomic E-state index is 12.5. The Kier molecular flexibility index (Phi) is 6.67. The molecule has 0 fully saturated rings. The first-order chi connectivity index (χ1) is 10.3. The van der Waals surface area contributed by atoms with Crippen molar-refractivity contribution in [3.63, 3.8) is 0 Å². The van der Waals surface area contributed by atoms with Crippen molar-refractivity contribution >= 4 is 29.5 Å². The van der Waals surface area contributed by atoms with E-state index in [1.54, 1.807) is 27.7 Å². The van der Waals surface area contributed by atoms with Crippen molar-refractivity contribution in [1.82, 2.24) is 4.98 Å². The summed E-state index contributed by atoms with van der Waals surface area (Å²) in [6.07, 6.45) is 0. The third kappa shape index (κ3) is 4.13. The number of ketones is 1. The lowest BCUT2D eigenvalue weighted by molar-refractivity contribution is -0.137. The van der Waals surface area contributed by atoms with Crippen molar-refractivity contribution in [2.75, 3.05) is 19.5 Å². The first kappa shape index (κ1) is 18.3. The zero-order valence-corrected chi connectivity index (χ0v) is 14.3. The molecule has 0 aromatic carbocycles. The number of methoxy groups -OCH3 is 1. The van der Waals surface area contributed by atoms with E-state index in [1.807, 2.05) is 0 Å². The van der Waals surface area contributed by atoms with E-state index < -0.39 is 11.2 Å². The molecule has 1 aromatic rings. The van der Waals surface area contributed by atoms with E-state index in [-0.39, 0.29) is 24.1 Å². The highest BCUT2D eigenvalue weighted by Gasteiger charge is 2.26. The van der Waals surface area contributed by atoms with Crippen molar-refractivity contribution in [1.29, 1.82) is 0 Å². The van der Waals surface area contributed by atoms with E-state index in [1.165, 1.54) is 18.9 Å². The highest BCUT2D eigenvalue weighted by molar-refractivity contribution is 8.01. The fourth-order valence-corrected chi connectivity index (χ4v) is 2.81. The van der Waals surface area contributed by atoms with Gasteiger partial charge < -0.3 is 14.5 Å². The third-order valence-corrected chi connectivity index (χ3v) is 4.33. The molecule has 0 spiro atoms. The molecule has 0 bridgehead atoms. The Morgan fingerprint density at radius 3 is 2.45 bits per heavy atom. The largest absolute Gasteiger partial charge is 0.468 e. The third-order valence-electron chi connectivity index (χ3n) is 3.21. The van der Waals surface area contributed by atoms with Gasteiger partial charge in [0.15, 0.2) is 5.78 Å². The fraction of sp³-hybridized carbons (Fsp3) is 0.533. The summed E-state index contributed by atoms with van der Waals surface area (Å²) in [5, 5.41) is -0.425. The lowest BCUT2D eigenvalue weighted by atomic mass is 10.1. The summed E-state index contributed by atoms with van der Waals surface area (Å²) in [5.74, 6) is -0.878. The van der Waals surface area contributed by atoms with Crippen molar-refractivity contribution in [2.24, 2.45) is 0 Å². The fourth-order valence-electron chi connectivity index (χ4n) is 2.04. The molecule has 1 aromatic heterocycles. The van der Waals surface area contributed by atoms with Gasteiger partial charge in [0, 0.05) is 5.69 Å². The summed E-state index contributed by atoms with van der Waals surface area (Å²) in [6, 6.07) is 0. The number of hydrogen-bond acceptors (Lipinski definition) is 6. The number of carbonyl (C=O) groups is 3. The van der Waals surface area contributed by atoms with Crippen molar-refractivity contribution in [3.8, 4) is 0 Å². The van der Waals surface area contributed by atoms with E-state index in [0.29, 0.717) is 22.5 Å². The second-order valence-electron chi connectivity index (χ2n) is 4.74. The number of ether oxygens (including phenoxy) is 2. The Labute approximate surface area is 133 Å². The van der Waals surface area contributed by atoms with Crippen LogP contribution >= 0.6 is 11.8 Å². The Balaban J connectivity index is 2.93. The molecule has 0 aliphatic carbocycles. The van der Waals surface area contributed by atoms with Crippen LogP contribution in [0.15, 0.2) is 0 Å². The van der Waals surface area contributed by atoms with E-state index in [2.05, 4.69) is 9.72 Å². The van der Waals surface area contributed by atoms with Crippen LogP contribution in [0.3, 0.4) is 0 Å². The zero-order valence-electron chi connectivity index (χ0n) is 13.4. The minimum atomic E-state index is -0.442. The molecule has 0 aliphatic heterocycles. The molecular formula is C15H21NO5S. The topological polar surface area (TPSA) is 85.5 Å². The normalized spacial score (nSPS) is 11.9. The first-order valence-electron chi connectivity index (χ1n) is 6.92. The van der Waals surface area contributed by atoms with Gasteiger partial charge in [-0.25, -0.2) is 4.79 Å². The summed E-state index contributed by atoms with van der Waals surface area (Å²) >= 11 is 1.19. The van der Waals surface area contributed by atoms with Crippen LogP contribution in [0.2, 0.25) is 0 Å². The Morgan fingerprint density at radius 1 is 1.27 bits per heavy atom.